The van der Waals surface area contributed by atoms with Gasteiger partial charge in [0.15, 0.2) is 0 Å². The van der Waals surface area contributed by atoms with Gasteiger partial charge in [0.1, 0.15) is 0 Å². The van der Waals surface area contributed by atoms with Gasteiger partial charge in [-0.2, -0.15) is 0 Å². The minimum atomic E-state index is -0.210. The van der Waals surface area contributed by atoms with E-state index in [9.17, 15) is 9.59 Å². The SMILES string of the molecule is CC1C[C@H]2[C@@H]3CCC4N(C)C(=O)CC[C@]4(C)[C@@H]3CC[C@]2(C)C1CNC(=O)NC(C)(C)C. The number of likely N-dealkylation sites (tertiary alicyclic amines) is 1. The molecule has 0 aromatic rings. The first kappa shape index (κ1) is 22.9. The molecule has 4 rings (SSSR count). The van der Waals surface area contributed by atoms with Crippen LogP contribution in [0.1, 0.15) is 86.5 Å². The normalized spacial score (nSPS) is 44.9. The summed E-state index contributed by atoms with van der Waals surface area (Å²) in [5.74, 6) is 3.80. The molecule has 0 bridgehead atoms. The molecule has 1 saturated heterocycles. The molecule has 0 radical (unpaired) electrons. The molecule has 3 saturated carbocycles. The lowest BCUT2D eigenvalue weighted by Gasteiger charge is -2.61. The van der Waals surface area contributed by atoms with E-state index >= 15 is 0 Å². The molecular formula is C26H45N3O2. The lowest BCUT2D eigenvalue weighted by atomic mass is 9.47. The van der Waals surface area contributed by atoms with E-state index in [2.05, 4.69) is 36.3 Å². The Morgan fingerprint density at radius 3 is 2.48 bits per heavy atom. The average Bonchev–Trinajstić information content (AvgIpc) is 2.92. The van der Waals surface area contributed by atoms with Gasteiger partial charge in [-0.1, -0.05) is 20.8 Å². The third-order valence-corrected chi connectivity index (χ3v) is 10.1. The Balaban J connectivity index is 1.49. The fraction of sp³-hybridized carbons (Fsp3) is 0.923. The first-order chi connectivity index (χ1) is 14.4. The van der Waals surface area contributed by atoms with E-state index in [0.29, 0.717) is 29.2 Å². The highest BCUT2D eigenvalue weighted by atomic mass is 16.2. The Labute approximate surface area is 189 Å². The highest BCUT2D eigenvalue weighted by molar-refractivity contribution is 5.77. The minimum Gasteiger partial charge on any atom is -0.342 e. The van der Waals surface area contributed by atoms with E-state index in [-0.39, 0.29) is 17.0 Å². The molecule has 4 fully saturated rings. The predicted molar refractivity (Wildman–Crippen MR) is 125 cm³/mol. The van der Waals surface area contributed by atoms with Crippen molar-refractivity contribution in [2.45, 2.75) is 98.1 Å². The largest absolute Gasteiger partial charge is 0.342 e. The van der Waals surface area contributed by atoms with Gasteiger partial charge in [-0.15, -0.1) is 0 Å². The number of urea groups is 1. The Morgan fingerprint density at radius 2 is 1.81 bits per heavy atom. The Morgan fingerprint density at radius 1 is 1.10 bits per heavy atom. The summed E-state index contributed by atoms with van der Waals surface area (Å²) in [4.78, 5) is 26.9. The third kappa shape index (κ3) is 3.78. The molecule has 3 unspecified atom stereocenters. The van der Waals surface area contributed by atoms with Gasteiger partial charge in [0.2, 0.25) is 5.91 Å². The van der Waals surface area contributed by atoms with E-state index < -0.39 is 0 Å². The van der Waals surface area contributed by atoms with Crippen LogP contribution < -0.4 is 10.6 Å². The van der Waals surface area contributed by atoms with Gasteiger partial charge >= 0.3 is 6.03 Å². The minimum absolute atomic E-state index is 0.0386. The summed E-state index contributed by atoms with van der Waals surface area (Å²) in [5, 5.41) is 6.26. The standard InChI is InChI=1S/C26H45N3O2/c1-16-14-19-17-8-9-21-26(6,13-11-22(30)29(21)7)18(17)10-12-25(19,5)20(16)15-27-23(31)28-24(2,3)4/h16-21H,8-15H2,1-7H3,(H2,27,28,31)/t16?,17-,18-,19+,20?,21?,25+,26-/m1/s1. The number of carbonyl (C=O) groups is 2. The van der Waals surface area contributed by atoms with Crippen molar-refractivity contribution >= 4 is 11.9 Å². The summed E-state index contributed by atoms with van der Waals surface area (Å²) in [5.41, 5.74) is 0.382. The van der Waals surface area contributed by atoms with Crippen molar-refractivity contribution in [3.05, 3.63) is 0 Å². The number of rotatable bonds is 2. The molecule has 2 N–H and O–H groups in total. The molecule has 3 aliphatic carbocycles. The summed E-state index contributed by atoms with van der Waals surface area (Å²) in [6, 6.07) is 0.389. The monoisotopic (exact) mass is 431 g/mol. The zero-order valence-corrected chi connectivity index (χ0v) is 20.9. The van der Waals surface area contributed by atoms with Gasteiger partial charge < -0.3 is 15.5 Å². The fourth-order valence-electron chi connectivity index (χ4n) is 8.64. The van der Waals surface area contributed by atoms with Gasteiger partial charge in [0.05, 0.1) is 0 Å². The maximum absolute atomic E-state index is 12.4. The number of amides is 3. The van der Waals surface area contributed by atoms with Crippen LogP contribution in [-0.4, -0.2) is 42.0 Å². The number of nitrogens with one attached hydrogen (secondary N) is 2. The number of carbonyl (C=O) groups excluding carboxylic acids is 2. The summed E-state index contributed by atoms with van der Waals surface area (Å²) >= 11 is 0. The molecule has 0 aromatic heterocycles. The van der Waals surface area contributed by atoms with Crippen LogP contribution in [0, 0.1) is 40.4 Å². The highest BCUT2D eigenvalue weighted by Gasteiger charge is 2.62. The lowest BCUT2D eigenvalue weighted by Crippen LogP contribution is -2.61. The summed E-state index contributed by atoms with van der Waals surface area (Å²) in [6.07, 6.45) is 8.05. The number of fused-ring (bicyclic) bond motifs is 5. The Kier molecular flexibility index (Phi) is 5.66. The first-order valence-corrected chi connectivity index (χ1v) is 12.7. The second kappa shape index (κ2) is 7.66. The van der Waals surface area contributed by atoms with Gasteiger partial charge in [0.25, 0.3) is 0 Å². The smallest absolute Gasteiger partial charge is 0.315 e. The third-order valence-electron chi connectivity index (χ3n) is 10.1. The topological polar surface area (TPSA) is 61.4 Å². The van der Waals surface area contributed by atoms with Crippen LogP contribution in [-0.2, 0) is 4.79 Å². The highest BCUT2D eigenvalue weighted by Crippen LogP contribution is 2.67. The maximum atomic E-state index is 12.4. The maximum Gasteiger partial charge on any atom is 0.315 e. The van der Waals surface area contributed by atoms with Crippen molar-refractivity contribution in [1.29, 1.82) is 0 Å². The molecule has 1 heterocycles. The lowest BCUT2D eigenvalue weighted by molar-refractivity contribution is -0.158. The number of hydrogen-bond donors (Lipinski definition) is 2. The predicted octanol–water partition coefficient (Wildman–Crippen LogP) is 4.81. The summed E-state index contributed by atoms with van der Waals surface area (Å²) in [7, 11) is 2.04. The number of nitrogens with zero attached hydrogens (tertiary/aromatic N) is 1. The van der Waals surface area contributed by atoms with E-state index in [1.54, 1.807) is 0 Å². The molecule has 1 aliphatic heterocycles. The van der Waals surface area contributed by atoms with Crippen molar-refractivity contribution < 1.29 is 9.59 Å². The average molecular weight is 432 g/mol. The number of hydrogen-bond acceptors (Lipinski definition) is 2. The molecule has 4 aliphatic rings. The van der Waals surface area contributed by atoms with E-state index in [4.69, 9.17) is 0 Å². The molecular weight excluding hydrogens is 386 g/mol. The molecule has 5 nitrogen and oxygen atoms in total. The van der Waals surface area contributed by atoms with Crippen molar-refractivity contribution in [3.63, 3.8) is 0 Å². The van der Waals surface area contributed by atoms with Crippen molar-refractivity contribution in [3.8, 4) is 0 Å². The van der Waals surface area contributed by atoms with Crippen LogP contribution in [0.25, 0.3) is 0 Å². The molecule has 0 spiro atoms. The molecule has 3 amide bonds. The first-order valence-electron chi connectivity index (χ1n) is 12.7. The second-order valence-electron chi connectivity index (χ2n) is 12.9. The van der Waals surface area contributed by atoms with Crippen LogP contribution in [0.3, 0.4) is 0 Å². The quantitative estimate of drug-likeness (QED) is 0.659. The number of piperidine rings is 1. The van der Waals surface area contributed by atoms with Gasteiger partial charge in [0, 0.05) is 31.6 Å². The van der Waals surface area contributed by atoms with Gasteiger partial charge in [-0.3, -0.25) is 4.79 Å². The summed E-state index contributed by atoms with van der Waals surface area (Å²) in [6.45, 7) is 14.3. The van der Waals surface area contributed by atoms with Crippen LogP contribution in [0.15, 0.2) is 0 Å². The van der Waals surface area contributed by atoms with Crippen LogP contribution in [0.5, 0.6) is 0 Å². The molecule has 0 aromatic carbocycles. The molecule has 31 heavy (non-hydrogen) atoms. The second-order valence-corrected chi connectivity index (χ2v) is 12.9. The fourth-order valence-corrected chi connectivity index (χ4v) is 8.64. The van der Waals surface area contributed by atoms with Crippen LogP contribution >= 0.6 is 0 Å². The van der Waals surface area contributed by atoms with Gasteiger partial charge in [-0.25, -0.2) is 4.79 Å². The Bertz CT molecular complexity index is 731. The van der Waals surface area contributed by atoms with Crippen molar-refractivity contribution in [2.24, 2.45) is 40.4 Å². The van der Waals surface area contributed by atoms with E-state index in [1.165, 1.54) is 25.7 Å². The molecule has 5 heteroatoms. The summed E-state index contributed by atoms with van der Waals surface area (Å²) < 4.78 is 0. The molecule has 176 valence electrons. The molecule has 8 atom stereocenters. The van der Waals surface area contributed by atoms with Gasteiger partial charge in [-0.05, 0) is 99.7 Å². The van der Waals surface area contributed by atoms with Crippen LogP contribution in [0.4, 0.5) is 4.79 Å². The van der Waals surface area contributed by atoms with E-state index in [1.807, 2.05) is 27.8 Å². The van der Waals surface area contributed by atoms with Crippen LogP contribution in [0.2, 0.25) is 0 Å². The van der Waals surface area contributed by atoms with Crippen molar-refractivity contribution in [2.75, 3.05) is 13.6 Å². The zero-order chi connectivity index (χ0) is 22.8. The van der Waals surface area contributed by atoms with Crippen molar-refractivity contribution in [1.82, 2.24) is 15.5 Å². The zero-order valence-electron chi connectivity index (χ0n) is 20.9. The van der Waals surface area contributed by atoms with E-state index in [0.717, 1.165) is 43.6 Å². The Hall–Kier alpha value is -1.26.